The summed E-state index contributed by atoms with van der Waals surface area (Å²) < 4.78 is 57.8. The number of nitrogens with zero attached hydrogens (tertiary/aromatic N) is 1. The highest BCUT2D eigenvalue weighted by Gasteiger charge is 2.16. The fourth-order valence-corrected chi connectivity index (χ4v) is 3.38. The molecule has 27 heavy (non-hydrogen) atoms. The minimum atomic E-state index is -3.82. The van der Waals surface area contributed by atoms with Gasteiger partial charge in [0, 0.05) is 26.6 Å². The molecule has 0 spiro atoms. The van der Waals surface area contributed by atoms with Crippen molar-refractivity contribution in [3.63, 3.8) is 0 Å². The highest BCUT2D eigenvalue weighted by molar-refractivity contribution is 7.89. The third-order valence-corrected chi connectivity index (χ3v) is 5.29. The average Bonchev–Trinajstić information content (AvgIpc) is 2.62. The Kier molecular flexibility index (Phi) is 6.86. The van der Waals surface area contributed by atoms with Gasteiger partial charge in [-0.2, -0.15) is 0 Å². The summed E-state index contributed by atoms with van der Waals surface area (Å²) in [4.78, 5) is 13.4. The van der Waals surface area contributed by atoms with Crippen LogP contribution >= 0.6 is 0 Å². The monoisotopic (exact) mass is 398 g/mol. The Morgan fingerprint density at radius 1 is 1.15 bits per heavy atom. The van der Waals surface area contributed by atoms with E-state index in [1.165, 1.54) is 24.1 Å². The van der Waals surface area contributed by atoms with E-state index in [-0.39, 0.29) is 36.1 Å². The maximum Gasteiger partial charge on any atom is 0.240 e. The Labute approximate surface area is 156 Å². The van der Waals surface area contributed by atoms with Crippen molar-refractivity contribution in [2.24, 2.45) is 0 Å². The van der Waals surface area contributed by atoms with Gasteiger partial charge in [-0.1, -0.05) is 6.07 Å². The number of carbonyl (C=O) groups is 1. The summed E-state index contributed by atoms with van der Waals surface area (Å²) in [6.07, 6.45) is -0.0738. The van der Waals surface area contributed by atoms with Crippen molar-refractivity contribution >= 4 is 15.9 Å². The number of rotatable bonds is 8. The van der Waals surface area contributed by atoms with Crippen molar-refractivity contribution in [1.82, 2.24) is 9.62 Å². The summed E-state index contributed by atoms with van der Waals surface area (Å²) in [6.45, 7) is 0.0598. The molecule has 2 aromatic rings. The molecule has 0 fully saturated rings. The van der Waals surface area contributed by atoms with Crippen LogP contribution in [-0.4, -0.2) is 39.9 Å². The minimum absolute atomic E-state index is 0.0738. The number of sulfonamides is 1. The van der Waals surface area contributed by atoms with Crippen molar-refractivity contribution in [3.05, 3.63) is 59.7 Å². The topological polar surface area (TPSA) is 75.7 Å². The first-order valence-corrected chi connectivity index (χ1v) is 9.53. The first-order valence-electron chi connectivity index (χ1n) is 8.04. The smallest absolute Gasteiger partial charge is 0.240 e. The number of methoxy groups -OCH3 is 1. The fraction of sp³-hybridized carbons (Fsp3) is 0.278. The number of hydrogen-bond donors (Lipinski definition) is 1. The predicted octanol–water partition coefficient (Wildman–Crippen LogP) is 2.30. The quantitative estimate of drug-likeness (QED) is 0.740. The molecule has 2 rings (SSSR count). The SMILES string of the molecule is COc1ccc(CN(C)C(=O)CCNS(=O)(=O)c2ccc(F)cc2)cc1F. The van der Waals surface area contributed by atoms with Gasteiger partial charge >= 0.3 is 0 Å². The second kappa shape index (κ2) is 8.92. The molecule has 0 radical (unpaired) electrons. The van der Waals surface area contributed by atoms with Crippen LogP contribution in [0.4, 0.5) is 8.78 Å². The molecule has 0 unspecified atom stereocenters. The van der Waals surface area contributed by atoms with E-state index in [0.29, 0.717) is 5.56 Å². The number of amides is 1. The highest BCUT2D eigenvalue weighted by atomic mass is 32.2. The summed E-state index contributed by atoms with van der Waals surface area (Å²) >= 11 is 0. The summed E-state index contributed by atoms with van der Waals surface area (Å²) in [7, 11) is -0.919. The van der Waals surface area contributed by atoms with Crippen molar-refractivity contribution in [2.45, 2.75) is 17.9 Å². The minimum Gasteiger partial charge on any atom is -0.494 e. The molecule has 0 aliphatic heterocycles. The van der Waals surface area contributed by atoms with E-state index in [9.17, 15) is 22.0 Å². The van der Waals surface area contributed by atoms with Gasteiger partial charge in [-0.25, -0.2) is 21.9 Å². The molecule has 0 aromatic heterocycles. The summed E-state index contributed by atoms with van der Waals surface area (Å²) in [6, 6.07) is 8.76. The molecule has 146 valence electrons. The lowest BCUT2D eigenvalue weighted by molar-refractivity contribution is -0.130. The van der Waals surface area contributed by atoms with Gasteiger partial charge < -0.3 is 9.64 Å². The van der Waals surface area contributed by atoms with Crippen molar-refractivity contribution in [2.75, 3.05) is 20.7 Å². The maximum absolute atomic E-state index is 13.7. The van der Waals surface area contributed by atoms with Gasteiger partial charge in [0.2, 0.25) is 15.9 Å². The molecule has 0 saturated carbocycles. The molecule has 0 aliphatic rings. The van der Waals surface area contributed by atoms with Gasteiger partial charge in [-0.3, -0.25) is 4.79 Å². The van der Waals surface area contributed by atoms with Gasteiger partial charge in [0.1, 0.15) is 5.82 Å². The van der Waals surface area contributed by atoms with E-state index < -0.39 is 21.7 Å². The Morgan fingerprint density at radius 2 is 1.81 bits per heavy atom. The number of halogens is 2. The molecule has 0 saturated heterocycles. The van der Waals surface area contributed by atoms with Gasteiger partial charge in [0.15, 0.2) is 11.6 Å². The van der Waals surface area contributed by atoms with Crippen LogP contribution in [0.1, 0.15) is 12.0 Å². The number of nitrogens with one attached hydrogen (secondary N) is 1. The van der Waals surface area contributed by atoms with Crippen molar-refractivity contribution < 1.29 is 26.7 Å². The average molecular weight is 398 g/mol. The normalized spacial score (nSPS) is 11.3. The number of hydrogen-bond acceptors (Lipinski definition) is 4. The molecule has 0 atom stereocenters. The second-order valence-electron chi connectivity index (χ2n) is 5.82. The van der Waals surface area contributed by atoms with E-state index >= 15 is 0 Å². The van der Waals surface area contributed by atoms with Crippen LogP contribution in [-0.2, 0) is 21.4 Å². The third-order valence-electron chi connectivity index (χ3n) is 3.82. The summed E-state index contributed by atoms with van der Waals surface area (Å²) in [5.41, 5.74) is 0.580. The van der Waals surface area contributed by atoms with Crippen LogP contribution in [0.15, 0.2) is 47.4 Å². The lowest BCUT2D eigenvalue weighted by Gasteiger charge is -2.18. The van der Waals surface area contributed by atoms with Crippen LogP contribution in [0.2, 0.25) is 0 Å². The maximum atomic E-state index is 13.7. The Balaban J connectivity index is 1.87. The van der Waals surface area contributed by atoms with Crippen molar-refractivity contribution in [3.8, 4) is 5.75 Å². The number of carbonyl (C=O) groups excluding carboxylic acids is 1. The van der Waals surface area contributed by atoms with E-state index in [1.807, 2.05) is 0 Å². The molecule has 6 nitrogen and oxygen atoms in total. The van der Waals surface area contributed by atoms with E-state index in [2.05, 4.69) is 4.72 Å². The first kappa shape index (κ1) is 20.8. The molecule has 0 heterocycles. The zero-order valence-electron chi connectivity index (χ0n) is 14.9. The van der Waals surface area contributed by atoms with Crippen LogP contribution in [0.25, 0.3) is 0 Å². The van der Waals surface area contributed by atoms with Gasteiger partial charge in [-0.05, 0) is 42.0 Å². The number of ether oxygens (including phenoxy) is 1. The largest absolute Gasteiger partial charge is 0.494 e. The zero-order chi connectivity index (χ0) is 20.0. The standard InChI is InChI=1S/C18H20F2N2O4S/c1-22(12-13-3-8-17(26-2)16(20)11-13)18(23)9-10-21-27(24,25)15-6-4-14(19)5-7-15/h3-8,11,21H,9-10,12H2,1-2H3. The molecule has 0 aliphatic carbocycles. The fourth-order valence-electron chi connectivity index (χ4n) is 2.35. The number of benzene rings is 2. The summed E-state index contributed by atoms with van der Waals surface area (Å²) in [5.74, 6) is -1.26. The summed E-state index contributed by atoms with van der Waals surface area (Å²) in [5, 5.41) is 0. The van der Waals surface area contributed by atoms with E-state index in [4.69, 9.17) is 4.74 Å². The van der Waals surface area contributed by atoms with Crippen LogP contribution < -0.4 is 9.46 Å². The molecule has 9 heteroatoms. The van der Waals surface area contributed by atoms with E-state index in [0.717, 1.165) is 24.3 Å². The molecular weight excluding hydrogens is 378 g/mol. The Hall–Kier alpha value is -2.52. The van der Waals surface area contributed by atoms with E-state index in [1.54, 1.807) is 13.1 Å². The van der Waals surface area contributed by atoms with Gasteiger partial charge in [-0.15, -0.1) is 0 Å². The molecule has 1 amide bonds. The van der Waals surface area contributed by atoms with Crippen LogP contribution in [0, 0.1) is 11.6 Å². The Bertz CT molecular complexity index is 902. The molecular formula is C18H20F2N2O4S. The lowest BCUT2D eigenvalue weighted by Crippen LogP contribution is -2.32. The van der Waals surface area contributed by atoms with Gasteiger partial charge in [0.05, 0.1) is 12.0 Å². The Morgan fingerprint density at radius 3 is 2.41 bits per heavy atom. The zero-order valence-corrected chi connectivity index (χ0v) is 15.7. The van der Waals surface area contributed by atoms with Gasteiger partial charge in [0.25, 0.3) is 0 Å². The van der Waals surface area contributed by atoms with Crippen molar-refractivity contribution in [1.29, 1.82) is 0 Å². The molecule has 0 bridgehead atoms. The molecule has 1 N–H and O–H groups in total. The third kappa shape index (κ3) is 5.73. The second-order valence-corrected chi connectivity index (χ2v) is 7.59. The van der Waals surface area contributed by atoms with Crippen LogP contribution in [0.3, 0.4) is 0 Å². The lowest BCUT2D eigenvalue weighted by atomic mass is 10.2. The molecule has 2 aromatic carbocycles. The first-order chi connectivity index (χ1) is 12.7. The predicted molar refractivity (Wildman–Crippen MR) is 95.6 cm³/mol. The van der Waals surface area contributed by atoms with Crippen LogP contribution in [0.5, 0.6) is 5.75 Å². The highest BCUT2D eigenvalue weighted by Crippen LogP contribution is 2.18.